The highest BCUT2D eigenvalue weighted by molar-refractivity contribution is 5.76. The third-order valence-corrected chi connectivity index (χ3v) is 4.17. The van der Waals surface area contributed by atoms with Crippen LogP contribution < -0.4 is 5.32 Å². The Morgan fingerprint density at radius 2 is 1.86 bits per heavy atom. The van der Waals surface area contributed by atoms with Crippen molar-refractivity contribution >= 4 is 12.0 Å². The van der Waals surface area contributed by atoms with E-state index in [-0.39, 0.29) is 11.9 Å². The number of carboxylic acids is 1. The van der Waals surface area contributed by atoms with Crippen molar-refractivity contribution in [1.82, 2.24) is 10.2 Å². The van der Waals surface area contributed by atoms with Crippen molar-refractivity contribution in [2.45, 2.75) is 26.8 Å². The van der Waals surface area contributed by atoms with Crippen molar-refractivity contribution in [3.63, 3.8) is 0 Å². The predicted octanol–water partition coefficient (Wildman–Crippen LogP) is 2.11. The number of rotatable bonds is 5. The zero-order valence-corrected chi connectivity index (χ0v) is 12.5. The molecule has 114 valence electrons. The molecule has 1 fully saturated rings. The second-order valence-corrected chi connectivity index (χ2v) is 5.62. The van der Waals surface area contributed by atoms with Crippen LogP contribution in [0.3, 0.4) is 0 Å². The first-order valence-corrected chi connectivity index (χ1v) is 7.34. The topological polar surface area (TPSA) is 69.6 Å². The van der Waals surface area contributed by atoms with Crippen LogP contribution in [0.5, 0.6) is 0 Å². The summed E-state index contributed by atoms with van der Waals surface area (Å²) in [6.07, 6.45) is 1.00. The van der Waals surface area contributed by atoms with Gasteiger partial charge in [0, 0.05) is 25.6 Å². The van der Waals surface area contributed by atoms with Crippen molar-refractivity contribution in [3.05, 3.63) is 35.4 Å². The number of carbonyl (C=O) groups excluding carboxylic acids is 1. The minimum Gasteiger partial charge on any atom is -0.481 e. The Hall–Kier alpha value is -2.04. The number of hydrogen-bond donors (Lipinski definition) is 2. The van der Waals surface area contributed by atoms with Gasteiger partial charge in [0.05, 0.1) is 5.92 Å². The Bertz CT molecular complexity index is 507. The maximum atomic E-state index is 11.9. The normalized spacial score (nSPS) is 16.2. The van der Waals surface area contributed by atoms with Gasteiger partial charge in [-0.3, -0.25) is 4.79 Å². The Balaban J connectivity index is 1.74. The number of nitrogens with zero attached hydrogens (tertiary/aromatic N) is 1. The molecule has 0 saturated carbocycles. The van der Waals surface area contributed by atoms with Crippen molar-refractivity contribution in [2.75, 3.05) is 13.1 Å². The van der Waals surface area contributed by atoms with Crippen LogP contribution in [0.15, 0.2) is 24.3 Å². The average molecular weight is 290 g/mol. The van der Waals surface area contributed by atoms with Crippen LogP contribution in [0.4, 0.5) is 4.79 Å². The number of carboxylic acid groups (broad SMARTS) is 1. The highest BCUT2D eigenvalue weighted by Gasteiger charge is 2.36. The van der Waals surface area contributed by atoms with E-state index < -0.39 is 11.9 Å². The zero-order chi connectivity index (χ0) is 15.4. The van der Waals surface area contributed by atoms with Gasteiger partial charge in [-0.05, 0) is 17.5 Å². The van der Waals surface area contributed by atoms with Gasteiger partial charge in [0.1, 0.15) is 0 Å². The molecule has 0 radical (unpaired) electrons. The summed E-state index contributed by atoms with van der Waals surface area (Å²) in [4.78, 5) is 24.4. The SMILES string of the molecule is CCc1ccc(CNC(=O)N2CC(C(C)C(=O)O)C2)cc1. The summed E-state index contributed by atoms with van der Waals surface area (Å²) >= 11 is 0. The second-order valence-electron chi connectivity index (χ2n) is 5.62. The van der Waals surface area contributed by atoms with Crippen molar-refractivity contribution in [2.24, 2.45) is 11.8 Å². The molecule has 0 aromatic heterocycles. The molecule has 2 amide bonds. The third-order valence-electron chi connectivity index (χ3n) is 4.17. The fourth-order valence-electron chi connectivity index (χ4n) is 2.38. The summed E-state index contributed by atoms with van der Waals surface area (Å²) in [5.74, 6) is -1.12. The van der Waals surface area contributed by atoms with Gasteiger partial charge in [-0.15, -0.1) is 0 Å². The lowest BCUT2D eigenvalue weighted by Crippen LogP contribution is -2.56. The Labute approximate surface area is 125 Å². The van der Waals surface area contributed by atoms with Crippen LogP contribution in [-0.2, 0) is 17.8 Å². The van der Waals surface area contributed by atoms with E-state index in [1.54, 1.807) is 11.8 Å². The van der Waals surface area contributed by atoms with Gasteiger partial charge in [0.25, 0.3) is 0 Å². The highest BCUT2D eigenvalue weighted by atomic mass is 16.4. The molecule has 1 unspecified atom stereocenters. The average Bonchev–Trinajstić information content (AvgIpc) is 2.43. The Morgan fingerprint density at radius 1 is 1.29 bits per heavy atom. The molecule has 21 heavy (non-hydrogen) atoms. The highest BCUT2D eigenvalue weighted by Crippen LogP contribution is 2.23. The molecular formula is C16H22N2O3. The molecule has 2 N–H and O–H groups in total. The number of aryl methyl sites for hydroxylation is 1. The van der Waals surface area contributed by atoms with Gasteiger partial charge in [0.2, 0.25) is 0 Å². The van der Waals surface area contributed by atoms with E-state index >= 15 is 0 Å². The van der Waals surface area contributed by atoms with E-state index in [2.05, 4.69) is 24.4 Å². The molecular weight excluding hydrogens is 268 g/mol. The number of aliphatic carboxylic acids is 1. The predicted molar refractivity (Wildman–Crippen MR) is 79.9 cm³/mol. The number of carbonyl (C=O) groups is 2. The minimum atomic E-state index is -0.795. The molecule has 1 aliphatic heterocycles. The van der Waals surface area contributed by atoms with Crippen LogP contribution in [0.2, 0.25) is 0 Å². The van der Waals surface area contributed by atoms with E-state index in [0.29, 0.717) is 19.6 Å². The van der Waals surface area contributed by atoms with Crippen LogP contribution in [0.25, 0.3) is 0 Å². The Kier molecular flexibility index (Phi) is 4.83. The van der Waals surface area contributed by atoms with E-state index in [9.17, 15) is 9.59 Å². The lowest BCUT2D eigenvalue weighted by Gasteiger charge is -2.41. The molecule has 0 aliphatic carbocycles. The molecule has 1 heterocycles. The first-order chi connectivity index (χ1) is 10.0. The van der Waals surface area contributed by atoms with Gasteiger partial charge in [-0.25, -0.2) is 4.79 Å². The van der Waals surface area contributed by atoms with Crippen molar-refractivity contribution < 1.29 is 14.7 Å². The van der Waals surface area contributed by atoms with Gasteiger partial charge >= 0.3 is 12.0 Å². The van der Waals surface area contributed by atoms with Crippen LogP contribution in [0, 0.1) is 11.8 Å². The molecule has 5 nitrogen and oxygen atoms in total. The first kappa shape index (κ1) is 15.4. The number of likely N-dealkylation sites (tertiary alicyclic amines) is 1. The Morgan fingerprint density at radius 3 is 2.38 bits per heavy atom. The van der Waals surface area contributed by atoms with E-state index in [0.717, 1.165) is 12.0 Å². The van der Waals surface area contributed by atoms with Gasteiger partial charge in [0.15, 0.2) is 0 Å². The van der Waals surface area contributed by atoms with Gasteiger partial charge in [-0.1, -0.05) is 38.1 Å². The fourth-order valence-corrected chi connectivity index (χ4v) is 2.38. The monoisotopic (exact) mass is 290 g/mol. The van der Waals surface area contributed by atoms with Crippen molar-refractivity contribution in [3.8, 4) is 0 Å². The quantitative estimate of drug-likeness (QED) is 0.872. The van der Waals surface area contributed by atoms with E-state index in [4.69, 9.17) is 5.11 Å². The number of amides is 2. The molecule has 1 atom stereocenters. The van der Waals surface area contributed by atoms with Gasteiger partial charge in [-0.2, -0.15) is 0 Å². The summed E-state index contributed by atoms with van der Waals surface area (Å²) in [6, 6.07) is 8.05. The summed E-state index contributed by atoms with van der Waals surface area (Å²) in [5.41, 5.74) is 2.34. The first-order valence-electron chi connectivity index (χ1n) is 7.34. The molecule has 0 spiro atoms. The minimum absolute atomic E-state index is 0.0667. The maximum Gasteiger partial charge on any atom is 0.317 e. The third kappa shape index (κ3) is 3.74. The van der Waals surface area contributed by atoms with Gasteiger partial charge < -0.3 is 15.3 Å². The van der Waals surface area contributed by atoms with E-state index in [1.807, 2.05) is 12.1 Å². The van der Waals surface area contributed by atoms with Crippen molar-refractivity contribution in [1.29, 1.82) is 0 Å². The molecule has 5 heteroatoms. The van der Waals surface area contributed by atoms with E-state index in [1.165, 1.54) is 5.56 Å². The smallest absolute Gasteiger partial charge is 0.317 e. The molecule has 1 saturated heterocycles. The molecule has 1 aromatic rings. The number of urea groups is 1. The number of hydrogen-bond acceptors (Lipinski definition) is 2. The largest absolute Gasteiger partial charge is 0.481 e. The van der Waals surface area contributed by atoms with Crippen LogP contribution in [-0.4, -0.2) is 35.1 Å². The molecule has 2 rings (SSSR count). The molecule has 1 aromatic carbocycles. The number of benzene rings is 1. The lowest BCUT2D eigenvalue weighted by atomic mass is 9.87. The summed E-state index contributed by atoms with van der Waals surface area (Å²) in [5, 5.41) is 11.8. The fraction of sp³-hybridized carbons (Fsp3) is 0.500. The van der Waals surface area contributed by atoms with Crippen LogP contribution >= 0.6 is 0 Å². The molecule has 0 bridgehead atoms. The summed E-state index contributed by atoms with van der Waals surface area (Å²) in [7, 11) is 0. The summed E-state index contributed by atoms with van der Waals surface area (Å²) < 4.78 is 0. The summed E-state index contributed by atoms with van der Waals surface area (Å²) in [6.45, 7) is 5.34. The standard InChI is InChI=1S/C16H22N2O3/c1-3-12-4-6-13(7-5-12)8-17-16(21)18-9-14(10-18)11(2)15(19)20/h4-7,11,14H,3,8-10H2,1-2H3,(H,17,21)(H,19,20). The lowest BCUT2D eigenvalue weighted by molar-refractivity contribution is -0.144. The maximum absolute atomic E-state index is 11.9. The van der Waals surface area contributed by atoms with Crippen LogP contribution in [0.1, 0.15) is 25.0 Å². The zero-order valence-electron chi connectivity index (χ0n) is 12.5. The second kappa shape index (κ2) is 6.61. The molecule has 1 aliphatic rings. The number of nitrogens with one attached hydrogen (secondary N) is 1.